The third-order valence-electron chi connectivity index (χ3n) is 5.10. The molecule has 1 amide bonds. The van der Waals surface area contributed by atoms with Crippen LogP contribution >= 0.6 is 0 Å². The predicted molar refractivity (Wildman–Crippen MR) is 96.3 cm³/mol. The van der Waals surface area contributed by atoms with Gasteiger partial charge in [-0.1, -0.05) is 12.1 Å². The number of benzene rings is 2. The van der Waals surface area contributed by atoms with Crippen molar-refractivity contribution in [1.82, 2.24) is 15.8 Å². The summed E-state index contributed by atoms with van der Waals surface area (Å²) in [6.07, 6.45) is 1.32. The molecular weight excluding hydrogens is 349 g/mol. The fraction of sp³-hybridized carbons (Fsp3) is 0.250. The quantitative estimate of drug-likeness (QED) is 0.850. The van der Waals surface area contributed by atoms with Gasteiger partial charge in [0.25, 0.3) is 5.91 Å². The number of hydrazine groups is 1. The van der Waals surface area contributed by atoms with E-state index >= 15 is 0 Å². The first-order chi connectivity index (χ1) is 13.2. The number of nitrogens with zero attached hydrogens (tertiary/aromatic N) is 1. The van der Waals surface area contributed by atoms with Crippen LogP contribution < -0.4 is 20.2 Å². The van der Waals surface area contributed by atoms with E-state index in [0.717, 1.165) is 16.8 Å². The summed E-state index contributed by atoms with van der Waals surface area (Å²) in [5.41, 5.74) is 5.69. The van der Waals surface area contributed by atoms with E-state index in [1.807, 2.05) is 18.2 Å². The van der Waals surface area contributed by atoms with Crippen molar-refractivity contribution in [3.63, 3.8) is 0 Å². The highest BCUT2D eigenvalue weighted by atomic mass is 19.1. The van der Waals surface area contributed by atoms with Gasteiger partial charge in [0.05, 0.1) is 0 Å². The average molecular weight is 367 g/mol. The molecule has 0 radical (unpaired) electrons. The Labute approximate surface area is 155 Å². The Morgan fingerprint density at radius 2 is 1.81 bits per heavy atom. The summed E-state index contributed by atoms with van der Waals surface area (Å²) in [5, 5.41) is 5.04. The molecule has 0 aliphatic carbocycles. The van der Waals surface area contributed by atoms with E-state index in [4.69, 9.17) is 9.47 Å². The first-order valence-electron chi connectivity index (χ1n) is 8.89. The number of amides is 1. The Balaban J connectivity index is 1.45. The standard InChI is InChI=1S/C20H18FN3O3/c21-14-4-1-12(2-5-14)15-11-22-24-19(25)10-16(23-20(15)24)13-3-6-17-18(9-13)27-8-7-26-17/h1-6,9-10,15,20,22-23H,7-8,11H2. The summed E-state index contributed by atoms with van der Waals surface area (Å²) in [6, 6.07) is 12.1. The lowest BCUT2D eigenvalue weighted by molar-refractivity contribution is -0.130. The summed E-state index contributed by atoms with van der Waals surface area (Å²) in [6.45, 7) is 1.64. The molecule has 0 aromatic heterocycles. The van der Waals surface area contributed by atoms with Crippen LogP contribution in [0.4, 0.5) is 4.39 Å². The monoisotopic (exact) mass is 367 g/mol. The largest absolute Gasteiger partial charge is 0.486 e. The highest BCUT2D eigenvalue weighted by Crippen LogP contribution is 2.35. The number of halogens is 1. The van der Waals surface area contributed by atoms with E-state index in [1.54, 1.807) is 23.2 Å². The molecule has 138 valence electrons. The Morgan fingerprint density at radius 1 is 1.04 bits per heavy atom. The van der Waals surface area contributed by atoms with Gasteiger partial charge in [0, 0.05) is 29.8 Å². The lowest BCUT2D eigenvalue weighted by Gasteiger charge is -2.33. The Hall–Kier alpha value is -3.06. The molecule has 3 aliphatic rings. The second kappa shape index (κ2) is 6.28. The van der Waals surface area contributed by atoms with Crippen LogP contribution in [0.5, 0.6) is 11.5 Å². The zero-order chi connectivity index (χ0) is 18.4. The van der Waals surface area contributed by atoms with Crippen molar-refractivity contribution in [1.29, 1.82) is 0 Å². The van der Waals surface area contributed by atoms with Crippen LogP contribution in [0.15, 0.2) is 48.5 Å². The number of carbonyl (C=O) groups excluding carboxylic acids is 1. The topological polar surface area (TPSA) is 62.8 Å². The van der Waals surface area contributed by atoms with Crippen LogP contribution in [0, 0.1) is 5.82 Å². The molecule has 2 aromatic carbocycles. The van der Waals surface area contributed by atoms with Gasteiger partial charge >= 0.3 is 0 Å². The van der Waals surface area contributed by atoms with Gasteiger partial charge in [-0.25, -0.2) is 9.82 Å². The molecule has 2 unspecified atom stereocenters. The van der Waals surface area contributed by atoms with E-state index in [0.29, 0.717) is 31.3 Å². The number of carbonyl (C=O) groups is 1. The van der Waals surface area contributed by atoms with Crippen molar-refractivity contribution in [2.45, 2.75) is 12.1 Å². The average Bonchev–Trinajstić information content (AvgIpc) is 3.13. The van der Waals surface area contributed by atoms with Crippen LogP contribution in [0.2, 0.25) is 0 Å². The molecule has 0 bridgehead atoms. The van der Waals surface area contributed by atoms with Crippen molar-refractivity contribution in [2.75, 3.05) is 19.8 Å². The molecule has 3 heterocycles. The summed E-state index contributed by atoms with van der Waals surface area (Å²) >= 11 is 0. The maximum Gasteiger partial charge on any atom is 0.264 e. The van der Waals surface area contributed by atoms with Gasteiger partial charge < -0.3 is 14.8 Å². The minimum absolute atomic E-state index is 0.00969. The second-order valence-electron chi connectivity index (χ2n) is 6.73. The molecule has 2 aromatic rings. The fourth-order valence-corrected chi connectivity index (χ4v) is 3.75. The summed E-state index contributed by atoms with van der Waals surface area (Å²) in [7, 11) is 0. The number of hydrogen-bond acceptors (Lipinski definition) is 5. The summed E-state index contributed by atoms with van der Waals surface area (Å²) < 4.78 is 24.5. The maximum atomic E-state index is 13.3. The zero-order valence-corrected chi connectivity index (χ0v) is 14.4. The van der Waals surface area contributed by atoms with Gasteiger partial charge in [0.1, 0.15) is 25.2 Å². The Morgan fingerprint density at radius 3 is 2.63 bits per heavy atom. The molecule has 27 heavy (non-hydrogen) atoms. The van der Waals surface area contributed by atoms with Gasteiger partial charge in [-0.15, -0.1) is 0 Å². The molecule has 2 N–H and O–H groups in total. The smallest absolute Gasteiger partial charge is 0.264 e. The molecule has 6 nitrogen and oxygen atoms in total. The van der Waals surface area contributed by atoms with Crippen molar-refractivity contribution >= 4 is 11.6 Å². The number of ether oxygens (including phenoxy) is 2. The van der Waals surface area contributed by atoms with E-state index < -0.39 is 0 Å². The first kappa shape index (κ1) is 16.1. The lowest BCUT2D eigenvalue weighted by atomic mass is 9.95. The molecule has 0 saturated carbocycles. The van der Waals surface area contributed by atoms with E-state index in [1.165, 1.54) is 12.1 Å². The molecule has 3 aliphatic heterocycles. The number of rotatable bonds is 2. The first-order valence-corrected chi connectivity index (χ1v) is 8.89. The van der Waals surface area contributed by atoms with Crippen LogP contribution in [0.1, 0.15) is 17.0 Å². The van der Waals surface area contributed by atoms with Crippen LogP contribution in [-0.2, 0) is 4.79 Å². The highest BCUT2D eigenvalue weighted by molar-refractivity contribution is 5.97. The number of hydrogen-bond donors (Lipinski definition) is 2. The van der Waals surface area contributed by atoms with Gasteiger partial charge in [0.2, 0.25) is 0 Å². The molecule has 2 atom stereocenters. The van der Waals surface area contributed by atoms with Gasteiger partial charge in [-0.2, -0.15) is 0 Å². The number of nitrogens with one attached hydrogen (secondary N) is 2. The Bertz CT molecular complexity index is 929. The Kier molecular flexibility index (Phi) is 3.75. The zero-order valence-electron chi connectivity index (χ0n) is 14.4. The molecule has 5 rings (SSSR count). The minimum Gasteiger partial charge on any atom is -0.486 e. The third-order valence-corrected chi connectivity index (χ3v) is 5.10. The SMILES string of the molecule is O=C1C=C(c2ccc3c(c2)OCCO3)NC2C(c3ccc(F)cc3)CNN12. The van der Waals surface area contributed by atoms with Gasteiger partial charge in [-0.3, -0.25) is 9.80 Å². The van der Waals surface area contributed by atoms with Gasteiger partial charge in [0.15, 0.2) is 11.5 Å². The number of fused-ring (bicyclic) bond motifs is 2. The minimum atomic E-state index is -0.272. The molecule has 1 saturated heterocycles. The molecule has 7 heteroatoms. The normalized spacial score (nSPS) is 23.5. The van der Waals surface area contributed by atoms with Crippen LogP contribution in [0.25, 0.3) is 5.70 Å². The van der Waals surface area contributed by atoms with Crippen LogP contribution in [0.3, 0.4) is 0 Å². The fourth-order valence-electron chi connectivity index (χ4n) is 3.75. The predicted octanol–water partition coefficient (Wildman–Crippen LogP) is 2.00. The van der Waals surface area contributed by atoms with E-state index in [-0.39, 0.29) is 23.8 Å². The highest BCUT2D eigenvalue weighted by Gasteiger charge is 2.40. The second-order valence-corrected chi connectivity index (χ2v) is 6.73. The van der Waals surface area contributed by atoms with E-state index in [2.05, 4.69) is 10.7 Å². The van der Waals surface area contributed by atoms with Crippen molar-refractivity contribution in [2.24, 2.45) is 0 Å². The lowest BCUT2D eigenvalue weighted by Crippen LogP contribution is -2.52. The maximum absolute atomic E-state index is 13.3. The van der Waals surface area contributed by atoms with Crippen molar-refractivity contribution in [3.8, 4) is 11.5 Å². The molecular formula is C20H18FN3O3. The van der Waals surface area contributed by atoms with Crippen LogP contribution in [-0.4, -0.2) is 36.8 Å². The van der Waals surface area contributed by atoms with E-state index in [9.17, 15) is 9.18 Å². The van der Waals surface area contributed by atoms with Crippen molar-refractivity contribution in [3.05, 3.63) is 65.5 Å². The van der Waals surface area contributed by atoms with Gasteiger partial charge in [-0.05, 0) is 35.9 Å². The molecule has 1 fully saturated rings. The molecule has 0 spiro atoms. The third kappa shape index (κ3) is 2.80. The summed E-state index contributed by atoms with van der Waals surface area (Å²) in [5.74, 6) is 1.01. The summed E-state index contributed by atoms with van der Waals surface area (Å²) in [4.78, 5) is 12.6. The van der Waals surface area contributed by atoms with Crippen molar-refractivity contribution < 1.29 is 18.7 Å².